The highest BCUT2D eigenvalue weighted by Gasteiger charge is 2.06. The van der Waals surface area contributed by atoms with Crippen LogP contribution in [0, 0.1) is 22.8 Å². The van der Waals surface area contributed by atoms with Crippen LogP contribution in [0.3, 0.4) is 0 Å². The van der Waals surface area contributed by atoms with Crippen molar-refractivity contribution in [1.82, 2.24) is 0 Å². The van der Waals surface area contributed by atoms with Crippen LogP contribution < -0.4 is 0 Å². The molecule has 0 amide bonds. The molecule has 8 heavy (non-hydrogen) atoms. The van der Waals surface area contributed by atoms with Crippen molar-refractivity contribution in [3.05, 3.63) is 0 Å². The molecule has 0 unspecified atom stereocenters. The van der Waals surface area contributed by atoms with E-state index in [1.54, 1.807) is 6.07 Å². The number of nitrogens with zero attached hydrogens (tertiary/aromatic N) is 1. The summed E-state index contributed by atoms with van der Waals surface area (Å²) in [6.45, 7) is 6.33. The third-order valence-electron chi connectivity index (χ3n) is 0.493. The highest BCUT2D eigenvalue weighted by Crippen LogP contribution is 1.95. The van der Waals surface area contributed by atoms with Gasteiger partial charge in [-0.15, -0.1) is 5.54 Å². The first-order valence-corrected chi connectivity index (χ1v) is 5.97. The van der Waals surface area contributed by atoms with Gasteiger partial charge in [0.1, 0.15) is 8.07 Å². The Morgan fingerprint density at radius 3 is 1.88 bits per heavy atom. The van der Waals surface area contributed by atoms with Crippen LogP contribution in [0.2, 0.25) is 19.6 Å². The molecule has 0 atom stereocenters. The maximum atomic E-state index is 8.03. The van der Waals surface area contributed by atoms with Gasteiger partial charge in [-0.1, -0.05) is 19.6 Å². The molecule has 0 aromatic rings. The Labute approximate surface area is 51.3 Å². The summed E-state index contributed by atoms with van der Waals surface area (Å²) in [4.78, 5) is 0. The van der Waals surface area contributed by atoms with E-state index in [0.29, 0.717) is 0 Å². The smallest absolute Gasteiger partial charge is 0.151 e. The second kappa shape index (κ2) is 2.54. The van der Waals surface area contributed by atoms with Gasteiger partial charge in [-0.25, -0.2) is 0 Å². The summed E-state index contributed by atoms with van der Waals surface area (Å²) in [6.07, 6.45) is 0. The summed E-state index contributed by atoms with van der Waals surface area (Å²) < 4.78 is 0. The normalized spacial score (nSPS) is 8.75. The number of rotatable bonds is 0. The van der Waals surface area contributed by atoms with Gasteiger partial charge in [0.05, 0.1) is 0 Å². The SMILES string of the molecule is C[Si](C)(C)C#CC#N. The van der Waals surface area contributed by atoms with Gasteiger partial charge in [-0.05, 0) is 0 Å². The van der Waals surface area contributed by atoms with E-state index in [0.717, 1.165) is 0 Å². The first-order valence-electron chi connectivity index (χ1n) is 2.47. The van der Waals surface area contributed by atoms with E-state index in [2.05, 4.69) is 31.1 Å². The van der Waals surface area contributed by atoms with E-state index in [4.69, 9.17) is 5.26 Å². The minimum atomic E-state index is -1.26. The maximum absolute atomic E-state index is 8.03. The topological polar surface area (TPSA) is 23.8 Å². The fourth-order valence-corrected chi connectivity index (χ4v) is 0.646. The molecular weight excluding hydrogens is 114 g/mol. The van der Waals surface area contributed by atoms with Crippen molar-refractivity contribution in [1.29, 1.82) is 5.26 Å². The summed E-state index contributed by atoms with van der Waals surface area (Å²) in [7, 11) is -1.26. The summed E-state index contributed by atoms with van der Waals surface area (Å²) in [5.41, 5.74) is 2.90. The second-order valence-corrected chi connectivity index (χ2v) is 7.36. The summed E-state index contributed by atoms with van der Waals surface area (Å²) in [5.74, 6) is 2.41. The molecular formula is C6H9NSi. The Hall–Kier alpha value is -0.733. The molecule has 0 saturated carbocycles. The van der Waals surface area contributed by atoms with Gasteiger partial charge >= 0.3 is 0 Å². The lowest BCUT2D eigenvalue weighted by Crippen LogP contribution is -2.16. The minimum absolute atomic E-state index is 1.26. The zero-order valence-electron chi connectivity index (χ0n) is 5.45. The van der Waals surface area contributed by atoms with Crippen LogP contribution in [-0.2, 0) is 0 Å². The van der Waals surface area contributed by atoms with Crippen LogP contribution in [0.15, 0.2) is 0 Å². The van der Waals surface area contributed by atoms with E-state index < -0.39 is 8.07 Å². The molecule has 0 N–H and O–H groups in total. The molecule has 1 nitrogen and oxygen atoms in total. The molecule has 0 aliphatic carbocycles. The Balaban J connectivity index is 3.93. The average molecular weight is 123 g/mol. The highest BCUT2D eigenvalue weighted by molar-refractivity contribution is 6.83. The van der Waals surface area contributed by atoms with E-state index in [1.165, 1.54) is 0 Å². The fourth-order valence-electron chi connectivity index (χ4n) is 0.215. The largest absolute Gasteiger partial charge is 0.183 e. The van der Waals surface area contributed by atoms with Crippen molar-refractivity contribution in [2.75, 3.05) is 0 Å². The maximum Gasteiger partial charge on any atom is 0.151 e. The molecule has 0 aromatic carbocycles. The van der Waals surface area contributed by atoms with Crippen molar-refractivity contribution in [2.45, 2.75) is 19.6 Å². The minimum Gasteiger partial charge on any atom is -0.183 e. The molecule has 0 fully saturated rings. The van der Waals surface area contributed by atoms with Crippen molar-refractivity contribution < 1.29 is 0 Å². The molecule has 0 bridgehead atoms. The van der Waals surface area contributed by atoms with E-state index >= 15 is 0 Å². The highest BCUT2D eigenvalue weighted by atomic mass is 28.3. The number of hydrogen-bond acceptors (Lipinski definition) is 1. The van der Waals surface area contributed by atoms with Crippen LogP contribution in [0.5, 0.6) is 0 Å². The fraction of sp³-hybridized carbons (Fsp3) is 0.500. The van der Waals surface area contributed by atoms with Crippen LogP contribution >= 0.6 is 0 Å². The van der Waals surface area contributed by atoms with Crippen LogP contribution in [0.1, 0.15) is 0 Å². The first kappa shape index (κ1) is 7.27. The number of nitriles is 1. The van der Waals surface area contributed by atoms with Crippen molar-refractivity contribution >= 4 is 8.07 Å². The van der Waals surface area contributed by atoms with Gasteiger partial charge in [0.15, 0.2) is 6.07 Å². The predicted molar refractivity (Wildman–Crippen MR) is 36.7 cm³/mol. The van der Waals surface area contributed by atoms with Crippen molar-refractivity contribution in [2.24, 2.45) is 0 Å². The molecule has 42 valence electrons. The quantitative estimate of drug-likeness (QED) is 0.353. The molecule has 0 heterocycles. The molecule has 0 aliphatic rings. The van der Waals surface area contributed by atoms with Gasteiger partial charge in [0.25, 0.3) is 0 Å². The van der Waals surface area contributed by atoms with Gasteiger partial charge in [-0.3, -0.25) is 0 Å². The second-order valence-electron chi connectivity index (χ2n) is 2.61. The van der Waals surface area contributed by atoms with Crippen molar-refractivity contribution in [3.63, 3.8) is 0 Å². The Kier molecular flexibility index (Phi) is 2.31. The summed E-state index contributed by atoms with van der Waals surface area (Å²) >= 11 is 0. The molecule has 0 saturated heterocycles. The molecule has 0 radical (unpaired) electrons. The third kappa shape index (κ3) is 5.27. The van der Waals surface area contributed by atoms with Gasteiger partial charge < -0.3 is 0 Å². The summed E-state index contributed by atoms with van der Waals surface area (Å²) in [5, 5.41) is 8.03. The number of hydrogen-bond donors (Lipinski definition) is 0. The van der Waals surface area contributed by atoms with Crippen LogP contribution in [-0.4, -0.2) is 8.07 Å². The molecule has 0 rings (SSSR count). The van der Waals surface area contributed by atoms with Crippen LogP contribution in [0.4, 0.5) is 0 Å². The lowest BCUT2D eigenvalue weighted by atomic mass is 10.8. The van der Waals surface area contributed by atoms with Crippen LogP contribution in [0.25, 0.3) is 0 Å². The molecule has 0 aliphatic heterocycles. The average Bonchev–Trinajstić information content (AvgIpc) is 1.59. The van der Waals surface area contributed by atoms with Gasteiger partial charge in [-0.2, -0.15) is 5.26 Å². The van der Waals surface area contributed by atoms with Gasteiger partial charge in [0, 0.05) is 5.92 Å². The lowest BCUT2D eigenvalue weighted by molar-refractivity contribution is 1.55. The third-order valence-corrected chi connectivity index (χ3v) is 1.37. The van der Waals surface area contributed by atoms with Crippen molar-refractivity contribution in [3.8, 4) is 17.5 Å². The molecule has 0 aromatic heterocycles. The Morgan fingerprint density at radius 1 is 1.25 bits per heavy atom. The zero-order valence-corrected chi connectivity index (χ0v) is 6.45. The van der Waals surface area contributed by atoms with E-state index in [-0.39, 0.29) is 0 Å². The Bertz CT molecular complexity index is 160. The monoisotopic (exact) mass is 123 g/mol. The summed E-state index contributed by atoms with van der Waals surface area (Å²) in [6, 6.07) is 1.80. The van der Waals surface area contributed by atoms with Gasteiger partial charge in [0.2, 0.25) is 0 Å². The predicted octanol–water partition coefficient (Wildman–Crippen LogP) is 1.39. The zero-order chi connectivity index (χ0) is 6.62. The van der Waals surface area contributed by atoms with E-state index in [1.807, 2.05) is 0 Å². The molecule has 2 heteroatoms. The van der Waals surface area contributed by atoms with E-state index in [9.17, 15) is 0 Å². The first-order chi connectivity index (χ1) is 3.56. The standard InChI is InChI=1S/C6H9NSi/c1-8(2,3)6-4-5-7/h1-3H3. The lowest BCUT2D eigenvalue weighted by Gasteiger charge is -2.01. The molecule has 0 spiro atoms. The Morgan fingerprint density at radius 2 is 1.75 bits per heavy atom.